The molecule has 0 aliphatic rings. The molecule has 0 saturated carbocycles. The number of nitrogens with zero attached hydrogens (tertiary/aromatic N) is 2. The molecule has 0 fully saturated rings. The summed E-state index contributed by atoms with van der Waals surface area (Å²) < 4.78 is 0. The third kappa shape index (κ3) is 2.34. The molecule has 0 aliphatic heterocycles. The minimum Gasteiger partial charge on any atom is -0.291 e. The average molecular weight is 327 g/mol. The monoisotopic (exact) mass is 326 g/mol. The first-order valence-electron chi connectivity index (χ1n) is 6.21. The topological polar surface area (TPSA) is 42.9 Å². The molecule has 0 N–H and O–H groups in total. The van der Waals surface area contributed by atoms with Crippen LogP contribution in [-0.4, -0.2) is 21.1 Å². The number of hydrogen-bond acceptors (Lipinski definition) is 3. The number of halogens is 1. The molecule has 0 radical (unpaired) electrons. The molecule has 3 nitrogen and oxygen atoms in total. The molecule has 0 atom stereocenters. The minimum absolute atomic E-state index is 0.0409. The fraction of sp³-hybridized carbons (Fsp3) is 0.0625. The number of ketones is 1. The van der Waals surface area contributed by atoms with Gasteiger partial charge in [-0.2, -0.15) is 0 Å². The van der Waals surface area contributed by atoms with Crippen LogP contribution in [0.4, 0.5) is 0 Å². The number of carbonyl (C=O) groups is 1. The van der Waals surface area contributed by atoms with E-state index in [4.69, 9.17) is 0 Å². The number of carbonyl (C=O) groups excluding carboxylic acids is 1. The Morgan fingerprint density at radius 2 is 1.65 bits per heavy atom. The number of fused-ring (bicyclic) bond motifs is 1. The van der Waals surface area contributed by atoms with E-state index in [9.17, 15) is 4.79 Å². The molecule has 0 amide bonds. The van der Waals surface area contributed by atoms with E-state index >= 15 is 0 Å². The van der Waals surface area contributed by atoms with Gasteiger partial charge in [0, 0.05) is 10.9 Å². The van der Waals surface area contributed by atoms with Gasteiger partial charge in [0.2, 0.25) is 0 Å². The Kier molecular flexibility index (Phi) is 3.56. The molecule has 0 spiro atoms. The number of aromatic nitrogens is 2. The maximum absolute atomic E-state index is 12.1. The van der Waals surface area contributed by atoms with Crippen LogP contribution in [0.15, 0.2) is 54.6 Å². The van der Waals surface area contributed by atoms with Crippen LogP contribution >= 0.6 is 15.9 Å². The maximum atomic E-state index is 12.1. The zero-order valence-electron chi connectivity index (χ0n) is 10.6. The fourth-order valence-electron chi connectivity index (χ4n) is 2.07. The molecular formula is C16H11BrN2O. The van der Waals surface area contributed by atoms with Crippen molar-refractivity contribution in [2.24, 2.45) is 0 Å². The maximum Gasteiger partial charge on any atom is 0.192 e. The van der Waals surface area contributed by atoms with E-state index in [1.54, 1.807) is 0 Å². The van der Waals surface area contributed by atoms with E-state index in [2.05, 4.69) is 25.9 Å². The van der Waals surface area contributed by atoms with Crippen molar-refractivity contribution in [2.45, 2.75) is 0 Å². The second-order valence-electron chi connectivity index (χ2n) is 4.34. The second-order valence-corrected chi connectivity index (χ2v) is 4.90. The zero-order chi connectivity index (χ0) is 13.9. The van der Waals surface area contributed by atoms with Crippen molar-refractivity contribution >= 4 is 32.6 Å². The second kappa shape index (κ2) is 5.51. The van der Waals surface area contributed by atoms with Crippen LogP contribution in [0, 0.1) is 0 Å². The zero-order valence-corrected chi connectivity index (χ0v) is 12.2. The van der Waals surface area contributed by atoms with Crippen LogP contribution in [0.3, 0.4) is 0 Å². The number of Topliss-reactive ketones (excluding diaryl/α,β-unsaturated/α-hetero) is 1. The molecule has 2 aromatic carbocycles. The van der Waals surface area contributed by atoms with Crippen molar-refractivity contribution in [1.82, 2.24) is 9.97 Å². The van der Waals surface area contributed by atoms with Crippen LogP contribution in [0.5, 0.6) is 0 Å². The summed E-state index contributed by atoms with van der Waals surface area (Å²) in [6.07, 6.45) is 0. The van der Waals surface area contributed by atoms with Crippen LogP contribution in [0.2, 0.25) is 0 Å². The predicted octanol–water partition coefficient (Wildman–Crippen LogP) is 3.87. The standard InChI is InChI=1S/C16H11BrN2O/c17-10-14(20)15-12-8-4-5-9-13(12)18-16(19-15)11-6-2-1-3-7-11/h1-9H,10H2. The predicted molar refractivity (Wildman–Crippen MR) is 83.1 cm³/mol. The highest BCUT2D eigenvalue weighted by Gasteiger charge is 2.14. The van der Waals surface area contributed by atoms with Gasteiger partial charge in [-0.3, -0.25) is 4.79 Å². The lowest BCUT2D eigenvalue weighted by molar-refractivity contribution is 0.102. The van der Waals surface area contributed by atoms with E-state index in [0.29, 0.717) is 11.5 Å². The van der Waals surface area contributed by atoms with Crippen molar-refractivity contribution in [3.05, 3.63) is 60.3 Å². The van der Waals surface area contributed by atoms with Crippen molar-refractivity contribution in [1.29, 1.82) is 0 Å². The van der Waals surface area contributed by atoms with Gasteiger partial charge in [-0.15, -0.1) is 0 Å². The summed E-state index contributed by atoms with van der Waals surface area (Å²) >= 11 is 3.21. The van der Waals surface area contributed by atoms with Gasteiger partial charge in [0.25, 0.3) is 0 Å². The lowest BCUT2D eigenvalue weighted by atomic mass is 10.1. The minimum atomic E-state index is -0.0409. The molecule has 0 saturated heterocycles. The molecule has 3 rings (SSSR count). The molecule has 20 heavy (non-hydrogen) atoms. The highest BCUT2D eigenvalue weighted by atomic mass is 79.9. The molecule has 3 aromatic rings. The Labute approximate surface area is 124 Å². The molecule has 0 bridgehead atoms. The number of alkyl halides is 1. The quantitative estimate of drug-likeness (QED) is 0.542. The lowest BCUT2D eigenvalue weighted by Crippen LogP contribution is -2.06. The first-order valence-corrected chi connectivity index (χ1v) is 7.33. The normalized spacial score (nSPS) is 10.7. The van der Waals surface area contributed by atoms with Gasteiger partial charge >= 0.3 is 0 Å². The smallest absolute Gasteiger partial charge is 0.192 e. The van der Waals surface area contributed by atoms with Crippen molar-refractivity contribution in [3.63, 3.8) is 0 Å². The highest BCUT2D eigenvalue weighted by molar-refractivity contribution is 9.09. The SMILES string of the molecule is O=C(CBr)c1nc(-c2ccccc2)nc2ccccc12. The Bertz CT molecular complexity index is 772. The number of rotatable bonds is 3. The summed E-state index contributed by atoms with van der Waals surface area (Å²) in [5.41, 5.74) is 2.15. The van der Waals surface area contributed by atoms with E-state index < -0.39 is 0 Å². The first kappa shape index (κ1) is 12.9. The van der Waals surface area contributed by atoms with Gasteiger partial charge in [-0.25, -0.2) is 9.97 Å². The van der Waals surface area contributed by atoms with E-state index in [1.807, 2.05) is 54.6 Å². The van der Waals surface area contributed by atoms with E-state index in [-0.39, 0.29) is 11.1 Å². The van der Waals surface area contributed by atoms with Gasteiger partial charge in [0.05, 0.1) is 10.8 Å². The Morgan fingerprint density at radius 3 is 2.40 bits per heavy atom. The first-order chi connectivity index (χ1) is 9.79. The third-order valence-electron chi connectivity index (χ3n) is 3.02. The molecule has 0 aliphatic carbocycles. The molecule has 98 valence electrons. The molecule has 1 heterocycles. The number of benzene rings is 2. The Balaban J connectivity index is 2.28. The number of hydrogen-bond donors (Lipinski definition) is 0. The number of para-hydroxylation sites is 1. The summed E-state index contributed by atoms with van der Waals surface area (Å²) in [5.74, 6) is 0.536. The van der Waals surface area contributed by atoms with Crippen LogP contribution < -0.4 is 0 Å². The van der Waals surface area contributed by atoms with Crippen LogP contribution in [-0.2, 0) is 0 Å². The molecule has 1 aromatic heterocycles. The summed E-state index contributed by atoms with van der Waals surface area (Å²) in [4.78, 5) is 21.1. The van der Waals surface area contributed by atoms with Crippen LogP contribution in [0.25, 0.3) is 22.3 Å². The summed E-state index contributed by atoms with van der Waals surface area (Å²) in [5, 5.41) is 1.04. The average Bonchev–Trinajstić information content (AvgIpc) is 2.54. The van der Waals surface area contributed by atoms with Crippen LogP contribution in [0.1, 0.15) is 10.5 Å². The van der Waals surface area contributed by atoms with Gasteiger partial charge in [-0.1, -0.05) is 64.5 Å². The summed E-state index contributed by atoms with van der Waals surface area (Å²) in [6, 6.07) is 17.2. The van der Waals surface area contributed by atoms with Gasteiger partial charge in [0.1, 0.15) is 5.69 Å². The highest BCUT2D eigenvalue weighted by Crippen LogP contribution is 2.22. The Morgan fingerprint density at radius 1 is 0.950 bits per heavy atom. The molecular weight excluding hydrogens is 316 g/mol. The van der Waals surface area contributed by atoms with E-state index in [1.165, 1.54) is 0 Å². The summed E-state index contributed by atoms with van der Waals surface area (Å²) in [7, 11) is 0. The van der Waals surface area contributed by atoms with Gasteiger partial charge in [0.15, 0.2) is 11.6 Å². The van der Waals surface area contributed by atoms with Crippen molar-refractivity contribution in [3.8, 4) is 11.4 Å². The molecule has 0 unspecified atom stereocenters. The largest absolute Gasteiger partial charge is 0.291 e. The fourth-order valence-corrected chi connectivity index (χ4v) is 2.33. The summed E-state index contributed by atoms with van der Waals surface area (Å²) in [6.45, 7) is 0. The molecule has 4 heteroatoms. The third-order valence-corrected chi connectivity index (χ3v) is 3.53. The van der Waals surface area contributed by atoms with Gasteiger partial charge < -0.3 is 0 Å². The van der Waals surface area contributed by atoms with Gasteiger partial charge in [-0.05, 0) is 6.07 Å². The Hall–Kier alpha value is -2.07. The lowest BCUT2D eigenvalue weighted by Gasteiger charge is -2.07. The van der Waals surface area contributed by atoms with Crippen molar-refractivity contribution < 1.29 is 4.79 Å². The van der Waals surface area contributed by atoms with E-state index in [0.717, 1.165) is 16.5 Å². The van der Waals surface area contributed by atoms with Crippen molar-refractivity contribution in [2.75, 3.05) is 5.33 Å².